The standard InChI is InChI=1S/C21H25F6N7O4/c1-12(31-14-9-30-32-16(35)15(14)21(25,26)27)10-38-11-19(2,37)17(36)33-3-5-34(6-4-33)18-28-7-13(8-29-18)20(22,23)24/h7-9,12,37H,3-6,10-11H2,1-2H3,(H2,31,32,35)/t12-,19?/m0/s1. The number of H-pyrrole nitrogens is 1. The molecule has 11 nitrogen and oxygen atoms in total. The molecule has 38 heavy (non-hydrogen) atoms. The van der Waals surface area contributed by atoms with Gasteiger partial charge in [-0.2, -0.15) is 31.4 Å². The summed E-state index contributed by atoms with van der Waals surface area (Å²) >= 11 is 0. The summed E-state index contributed by atoms with van der Waals surface area (Å²) in [7, 11) is 0. The van der Waals surface area contributed by atoms with Gasteiger partial charge in [-0.3, -0.25) is 9.59 Å². The van der Waals surface area contributed by atoms with Crippen LogP contribution in [0.3, 0.4) is 0 Å². The van der Waals surface area contributed by atoms with E-state index < -0.39 is 58.9 Å². The van der Waals surface area contributed by atoms with Crippen molar-refractivity contribution in [2.24, 2.45) is 0 Å². The van der Waals surface area contributed by atoms with Gasteiger partial charge in [0.05, 0.1) is 30.7 Å². The minimum absolute atomic E-state index is 0.0750. The van der Waals surface area contributed by atoms with Crippen molar-refractivity contribution in [3.05, 3.63) is 40.1 Å². The van der Waals surface area contributed by atoms with Crippen LogP contribution in [0.4, 0.5) is 38.0 Å². The number of piperazine rings is 1. The van der Waals surface area contributed by atoms with Gasteiger partial charge in [0.2, 0.25) is 5.95 Å². The Hall–Kier alpha value is -3.47. The fraction of sp³-hybridized carbons (Fsp3) is 0.571. The molecule has 2 aromatic heterocycles. The predicted molar refractivity (Wildman–Crippen MR) is 120 cm³/mol. The zero-order chi connectivity index (χ0) is 28.3. The molecule has 3 rings (SSSR count). The number of carbonyl (C=O) groups excluding carboxylic acids is 1. The van der Waals surface area contributed by atoms with Gasteiger partial charge in [0.15, 0.2) is 5.60 Å². The van der Waals surface area contributed by atoms with Crippen LogP contribution in [-0.4, -0.2) is 87.1 Å². The van der Waals surface area contributed by atoms with Crippen molar-refractivity contribution in [3.63, 3.8) is 0 Å². The molecule has 1 aliphatic heterocycles. The van der Waals surface area contributed by atoms with Crippen molar-refractivity contribution in [1.29, 1.82) is 0 Å². The lowest BCUT2D eigenvalue weighted by Crippen LogP contribution is -2.56. The van der Waals surface area contributed by atoms with Gasteiger partial charge in [0.1, 0.15) is 5.56 Å². The number of halogens is 6. The topological polar surface area (TPSA) is 137 Å². The fourth-order valence-electron chi connectivity index (χ4n) is 3.67. The van der Waals surface area contributed by atoms with E-state index in [9.17, 15) is 41.0 Å². The van der Waals surface area contributed by atoms with E-state index in [0.29, 0.717) is 12.4 Å². The maximum atomic E-state index is 13.2. The highest BCUT2D eigenvalue weighted by Crippen LogP contribution is 2.32. The van der Waals surface area contributed by atoms with Gasteiger partial charge in [-0.15, -0.1) is 0 Å². The molecule has 3 N–H and O–H groups in total. The number of hydrogen-bond donors (Lipinski definition) is 3. The lowest BCUT2D eigenvalue weighted by molar-refractivity contribution is -0.156. The maximum absolute atomic E-state index is 13.2. The van der Waals surface area contributed by atoms with E-state index in [2.05, 4.69) is 20.4 Å². The van der Waals surface area contributed by atoms with Crippen LogP contribution in [0.5, 0.6) is 0 Å². The number of nitrogens with zero attached hydrogens (tertiary/aromatic N) is 5. The molecule has 1 aliphatic rings. The molecule has 210 valence electrons. The van der Waals surface area contributed by atoms with Crippen molar-refractivity contribution in [1.82, 2.24) is 25.1 Å². The Labute approximate surface area is 211 Å². The maximum Gasteiger partial charge on any atom is 0.423 e. The van der Waals surface area contributed by atoms with Gasteiger partial charge in [-0.25, -0.2) is 15.1 Å². The summed E-state index contributed by atoms with van der Waals surface area (Å²) in [5.41, 5.74) is -6.34. The van der Waals surface area contributed by atoms with E-state index >= 15 is 0 Å². The molecular formula is C21H25F6N7O4. The number of alkyl halides is 6. The highest BCUT2D eigenvalue weighted by Gasteiger charge is 2.39. The van der Waals surface area contributed by atoms with E-state index in [1.165, 1.54) is 18.7 Å². The number of aromatic nitrogens is 4. The Kier molecular flexibility index (Phi) is 8.50. The van der Waals surface area contributed by atoms with E-state index in [1.54, 1.807) is 10.00 Å². The van der Waals surface area contributed by atoms with Crippen LogP contribution in [-0.2, 0) is 21.9 Å². The molecule has 0 aliphatic carbocycles. The summed E-state index contributed by atoms with van der Waals surface area (Å²) in [6.07, 6.45) is -7.31. The second kappa shape index (κ2) is 11.1. The molecular weight excluding hydrogens is 528 g/mol. The Morgan fingerprint density at radius 3 is 2.26 bits per heavy atom. The first-order valence-electron chi connectivity index (χ1n) is 11.2. The molecule has 1 saturated heterocycles. The average molecular weight is 553 g/mol. The molecule has 0 spiro atoms. The highest BCUT2D eigenvalue weighted by atomic mass is 19.4. The smallest absolute Gasteiger partial charge is 0.378 e. The lowest BCUT2D eigenvalue weighted by Gasteiger charge is -2.38. The number of nitrogens with one attached hydrogen (secondary N) is 2. The van der Waals surface area contributed by atoms with Crippen LogP contribution in [0.15, 0.2) is 23.4 Å². The third kappa shape index (κ3) is 7.09. The largest absolute Gasteiger partial charge is 0.423 e. The van der Waals surface area contributed by atoms with Gasteiger partial charge in [0.25, 0.3) is 11.5 Å². The van der Waals surface area contributed by atoms with Gasteiger partial charge >= 0.3 is 12.4 Å². The van der Waals surface area contributed by atoms with E-state index in [4.69, 9.17) is 4.74 Å². The molecule has 2 aromatic rings. The predicted octanol–water partition coefficient (Wildman–Crippen LogP) is 1.51. The van der Waals surface area contributed by atoms with Crippen molar-refractivity contribution in [2.75, 3.05) is 49.6 Å². The van der Waals surface area contributed by atoms with Crippen molar-refractivity contribution in [3.8, 4) is 0 Å². The lowest BCUT2D eigenvalue weighted by atomic mass is 10.1. The number of aliphatic hydroxyl groups is 1. The quantitative estimate of drug-likeness (QED) is 0.416. The molecule has 17 heteroatoms. The highest BCUT2D eigenvalue weighted by molar-refractivity contribution is 5.85. The first-order chi connectivity index (χ1) is 17.6. The van der Waals surface area contributed by atoms with E-state index in [1.807, 2.05) is 0 Å². The molecule has 1 amide bonds. The molecule has 2 atom stereocenters. The number of aromatic amines is 1. The molecule has 1 unspecified atom stereocenters. The minimum Gasteiger partial charge on any atom is -0.378 e. The first-order valence-corrected chi connectivity index (χ1v) is 11.2. The minimum atomic E-state index is -4.92. The van der Waals surface area contributed by atoms with Crippen molar-refractivity contribution in [2.45, 2.75) is 37.8 Å². The summed E-state index contributed by atoms with van der Waals surface area (Å²) in [6.45, 7) is 2.69. The monoisotopic (exact) mass is 553 g/mol. The normalized spacial score (nSPS) is 17.2. The number of amides is 1. The number of carbonyl (C=O) groups is 1. The van der Waals surface area contributed by atoms with Crippen LogP contribution in [0.25, 0.3) is 0 Å². The van der Waals surface area contributed by atoms with Crippen molar-refractivity contribution < 1.29 is 41.0 Å². The zero-order valence-corrected chi connectivity index (χ0v) is 20.2. The number of ether oxygens (including phenoxy) is 1. The Morgan fingerprint density at radius 2 is 1.71 bits per heavy atom. The number of rotatable bonds is 8. The summed E-state index contributed by atoms with van der Waals surface area (Å²) in [5, 5.41) is 18.2. The second-order valence-corrected chi connectivity index (χ2v) is 8.87. The average Bonchev–Trinajstić information content (AvgIpc) is 2.82. The second-order valence-electron chi connectivity index (χ2n) is 8.87. The fourth-order valence-corrected chi connectivity index (χ4v) is 3.67. The zero-order valence-electron chi connectivity index (χ0n) is 20.2. The van der Waals surface area contributed by atoms with Gasteiger partial charge in [-0.05, 0) is 13.8 Å². The SMILES string of the molecule is C[C@@H](COCC(C)(O)C(=O)N1CCN(c2ncc(C(F)(F)F)cn2)CC1)Nc1cn[nH]c(=O)c1C(F)(F)F. The summed E-state index contributed by atoms with van der Waals surface area (Å²) in [6, 6.07) is -0.752. The van der Waals surface area contributed by atoms with E-state index in [-0.39, 0.29) is 38.7 Å². The van der Waals surface area contributed by atoms with Gasteiger partial charge < -0.3 is 25.0 Å². The van der Waals surface area contributed by atoms with Crippen LogP contribution >= 0.6 is 0 Å². The van der Waals surface area contributed by atoms with Gasteiger partial charge in [-0.1, -0.05) is 0 Å². The molecule has 0 aromatic carbocycles. The summed E-state index contributed by atoms with van der Waals surface area (Å²) in [5.74, 6) is -0.588. The Bertz CT molecular complexity index is 1160. The van der Waals surface area contributed by atoms with Crippen LogP contribution in [0, 0.1) is 0 Å². The number of hydrogen-bond acceptors (Lipinski definition) is 9. The molecule has 0 radical (unpaired) electrons. The third-order valence-corrected chi connectivity index (χ3v) is 5.57. The van der Waals surface area contributed by atoms with Crippen LogP contribution < -0.4 is 15.8 Å². The molecule has 0 saturated carbocycles. The van der Waals surface area contributed by atoms with E-state index in [0.717, 1.165) is 6.20 Å². The molecule has 3 heterocycles. The van der Waals surface area contributed by atoms with Gasteiger partial charge in [0, 0.05) is 44.6 Å². The third-order valence-electron chi connectivity index (χ3n) is 5.57. The number of anilines is 2. The Morgan fingerprint density at radius 1 is 1.11 bits per heavy atom. The molecule has 1 fully saturated rings. The van der Waals surface area contributed by atoms with Crippen molar-refractivity contribution >= 4 is 17.5 Å². The summed E-state index contributed by atoms with van der Waals surface area (Å²) < 4.78 is 82.9. The van der Waals surface area contributed by atoms with Crippen LogP contribution in [0.2, 0.25) is 0 Å². The first kappa shape index (κ1) is 29.1. The molecule has 0 bridgehead atoms. The van der Waals surface area contributed by atoms with Crippen LogP contribution in [0.1, 0.15) is 25.0 Å². The summed E-state index contributed by atoms with van der Waals surface area (Å²) in [4.78, 5) is 34.8. The Balaban J connectivity index is 1.49.